The summed E-state index contributed by atoms with van der Waals surface area (Å²) in [5.74, 6) is 1.06. The first-order chi connectivity index (χ1) is 7.78. The molecule has 2 aliphatic rings. The quantitative estimate of drug-likeness (QED) is 0.751. The molecular formula is C13H18N2O. The average molecular weight is 218 g/mol. The van der Waals surface area contributed by atoms with Gasteiger partial charge in [0, 0.05) is 24.3 Å². The van der Waals surface area contributed by atoms with Crippen molar-refractivity contribution in [2.75, 3.05) is 18.0 Å². The van der Waals surface area contributed by atoms with E-state index in [4.69, 9.17) is 5.73 Å². The van der Waals surface area contributed by atoms with Crippen molar-refractivity contribution in [2.45, 2.75) is 25.3 Å². The number of fused-ring (bicyclic) bond motifs is 3. The normalized spacial score (nSPS) is 27.7. The Balaban J connectivity index is 1.88. The molecule has 0 amide bonds. The van der Waals surface area contributed by atoms with Crippen molar-refractivity contribution >= 4 is 5.69 Å². The number of nitrogens with two attached hydrogens (primary N) is 1. The summed E-state index contributed by atoms with van der Waals surface area (Å²) in [7, 11) is 0. The molecule has 2 heterocycles. The summed E-state index contributed by atoms with van der Waals surface area (Å²) in [4.78, 5) is 2.45. The van der Waals surface area contributed by atoms with Gasteiger partial charge in [0.05, 0.1) is 0 Å². The number of anilines is 1. The van der Waals surface area contributed by atoms with Crippen LogP contribution in [0.25, 0.3) is 0 Å². The zero-order valence-corrected chi connectivity index (χ0v) is 9.39. The lowest BCUT2D eigenvalue weighted by Crippen LogP contribution is -2.41. The molecule has 2 unspecified atom stereocenters. The van der Waals surface area contributed by atoms with Crippen LogP contribution in [-0.2, 0) is 6.42 Å². The summed E-state index contributed by atoms with van der Waals surface area (Å²) >= 11 is 0. The van der Waals surface area contributed by atoms with E-state index in [2.05, 4.69) is 11.0 Å². The number of piperidine rings is 1. The molecule has 0 aromatic heterocycles. The monoisotopic (exact) mass is 218 g/mol. The smallest absolute Gasteiger partial charge is 0.117 e. The number of phenolic OH excluding ortho intramolecular Hbond substituents is 1. The molecule has 0 bridgehead atoms. The molecule has 86 valence electrons. The molecule has 1 saturated heterocycles. The van der Waals surface area contributed by atoms with E-state index in [-0.39, 0.29) is 0 Å². The topological polar surface area (TPSA) is 49.5 Å². The molecule has 2 aliphatic heterocycles. The van der Waals surface area contributed by atoms with Gasteiger partial charge in [0.15, 0.2) is 0 Å². The first-order valence-corrected chi connectivity index (χ1v) is 6.06. The predicted octanol–water partition coefficient (Wildman–Crippen LogP) is 1.49. The third-order valence-electron chi connectivity index (χ3n) is 3.99. The first-order valence-electron chi connectivity index (χ1n) is 6.06. The highest BCUT2D eigenvalue weighted by atomic mass is 16.3. The Morgan fingerprint density at radius 1 is 1.44 bits per heavy atom. The fraction of sp³-hybridized carbons (Fsp3) is 0.538. The van der Waals surface area contributed by atoms with Crippen LogP contribution in [0, 0.1) is 5.92 Å². The third kappa shape index (κ3) is 1.47. The zero-order chi connectivity index (χ0) is 11.1. The maximum absolute atomic E-state index is 9.54. The van der Waals surface area contributed by atoms with Crippen molar-refractivity contribution < 1.29 is 5.11 Å². The molecule has 16 heavy (non-hydrogen) atoms. The maximum Gasteiger partial charge on any atom is 0.117 e. The van der Waals surface area contributed by atoms with E-state index in [0.717, 1.165) is 19.5 Å². The summed E-state index contributed by atoms with van der Waals surface area (Å²) < 4.78 is 0. The second-order valence-corrected chi connectivity index (χ2v) is 4.99. The molecule has 3 rings (SSSR count). The van der Waals surface area contributed by atoms with Crippen molar-refractivity contribution in [3.63, 3.8) is 0 Å². The van der Waals surface area contributed by atoms with Gasteiger partial charge < -0.3 is 15.7 Å². The summed E-state index contributed by atoms with van der Waals surface area (Å²) in [5, 5.41) is 9.54. The number of nitrogens with zero attached hydrogens (tertiary/aromatic N) is 1. The minimum absolute atomic E-state index is 0.375. The van der Waals surface area contributed by atoms with Gasteiger partial charge in [-0.15, -0.1) is 0 Å². The van der Waals surface area contributed by atoms with Gasteiger partial charge in [-0.05, 0) is 43.4 Å². The Bertz CT molecular complexity index is 405. The first kappa shape index (κ1) is 9.97. The largest absolute Gasteiger partial charge is 0.508 e. The Morgan fingerprint density at radius 3 is 3.12 bits per heavy atom. The fourth-order valence-corrected chi connectivity index (χ4v) is 3.10. The molecule has 3 nitrogen and oxygen atoms in total. The van der Waals surface area contributed by atoms with E-state index in [1.165, 1.54) is 24.1 Å². The van der Waals surface area contributed by atoms with Gasteiger partial charge in [-0.1, -0.05) is 6.07 Å². The molecule has 0 radical (unpaired) electrons. The second kappa shape index (κ2) is 3.67. The Kier molecular flexibility index (Phi) is 2.28. The van der Waals surface area contributed by atoms with Gasteiger partial charge in [0.2, 0.25) is 0 Å². The van der Waals surface area contributed by atoms with Gasteiger partial charge in [-0.25, -0.2) is 0 Å². The molecule has 0 aliphatic carbocycles. The van der Waals surface area contributed by atoms with Gasteiger partial charge >= 0.3 is 0 Å². The van der Waals surface area contributed by atoms with E-state index in [1.807, 2.05) is 6.07 Å². The van der Waals surface area contributed by atoms with E-state index in [1.54, 1.807) is 6.07 Å². The van der Waals surface area contributed by atoms with Gasteiger partial charge in [0.1, 0.15) is 5.75 Å². The molecule has 1 aromatic carbocycles. The van der Waals surface area contributed by atoms with Crippen LogP contribution in [0.1, 0.15) is 18.4 Å². The summed E-state index contributed by atoms with van der Waals surface area (Å²) in [5.41, 5.74) is 8.37. The average Bonchev–Trinajstić information content (AvgIpc) is 2.66. The minimum Gasteiger partial charge on any atom is -0.508 e. The molecule has 1 fully saturated rings. The van der Waals surface area contributed by atoms with Gasteiger partial charge in [-0.3, -0.25) is 0 Å². The van der Waals surface area contributed by atoms with E-state index in [9.17, 15) is 5.11 Å². The third-order valence-corrected chi connectivity index (χ3v) is 3.99. The highest BCUT2D eigenvalue weighted by Gasteiger charge is 2.34. The second-order valence-electron chi connectivity index (χ2n) is 4.99. The van der Waals surface area contributed by atoms with Crippen LogP contribution in [0.4, 0.5) is 5.69 Å². The molecule has 0 saturated carbocycles. The van der Waals surface area contributed by atoms with E-state index in [0.29, 0.717) is 17.7 Å². The van der Waals surface area contributed by atoms with Crippen LogP contribution in [-0.4, -0.2) is 24.2 Å². The van der Waals surface area contributed by atoms with E-state index < -0.39 is 0 Å². The van der Waals surface area contributed by atoms with Crippen LogP contribution in [0.15, 0.2) is 18.2 Å². The zero-order valence-electron chi connectivity index (χ0n) is 9.39. The Morgan fingerprint density at radius 2 is 2.31 bits per heavy atom. The van der Waals surface area contributed by atoms with Crippen molar-refractivity contribution in [2.24, 2.45) is 11.7 Å². The van der Waals surface area contributed by atoms with Crippen LogP contribution < -0.4 is 10.6 Å². The standard InChI is InChI=1S/C13H18N2O/c14-8-9-3-4-15-11(5-9)6-10-1-2-12(16)7-13(10)15/h1-2,7,9,11,16H,3-6,8,14H2. The summed E-state index contributed by atoms with van der Waals surface area (Å²) in [6.07, 6.45) is 3.50. The highest BCUT2D eigenvalue weighted by Crippen LogP contribution is 2.39. The Labute approximate surface area is 95.9 Å². The summed E-state index contributed by atoms with van der Waals surface area (Å²) in [6.45, 7) is 1.90. The molecular weight excluding hydrogens is 200 g/mol. The lowest BCUT2D eigenvalue weighted by molar-refractivity contribution is 0.356. The highest BCUT2D eigenvalue weighted by molar-refractivity contribution is 5.62. The number of hydrogen-bond donors (Lipinski definition) is 2. The lowest BCUT2D eigenvalue weighted by atomic mass is 9.91. The van der Waals surface area contributed by atoms with Crippen LogP contribution in [0.3, 0.4) is 0 Å². The van der Waals surface area contributed by atoms with Crippen LogP contribution in [0.5, 0.6) is 5.75 Å². The van der Waals surface area contributed by atoms with Crippen molar-refractivity contribution in [3.8, 4) is 5.75 Å². The minimum atomic E-state index is 0.375. The number of hydrogen-bond acceptors (Lipinski definition) is 3. The molecule has 3 heteroatoms. The van der Waals surface area contributed by atoms with Crippen LogP contribution in [0.2, 0.25) is 0 Å². The molecule has 2 atom stereocenters. The maximum atomic E-state index is 9.54. The van der Waals surface area contributed by atoms with Gasteiger partial charge in [0.25, 0.3) is 0 Å². The number of phenols is 1. The predicted molar refractivity (Wildman–Crippen MR) is 64.7 cm³/mol. The van der Waals surface area contributed by atoms with Gasteiger partial charge in [-0.2, -0.15) is 0 Å². The molecule has 0 spiro atoms. The molecule has 1 aromatic rings. The SMILES string of the molecule is NCC1CCN2c3cc(O)ccc3CC2C1. The fourth-order valence-electron chi connectivity index (χ4n) is 3.10. The number of rotatable bonds is 1. The number of benzene rings is 1. The summed E-state index contributed by atoms with van der Waals surface area (Å²) in [6, 6.07) is 6.36. The van der Waals surface area contributed by atoms with E-state index >= 15 is 0 Å². The number of aromatic hydroxyl groups is 1. The van der Waals surface area contributed by atoms with Crippen LogP contribution >= 0.6 is 0 Å². The van der Waals surface area contributed by atoms with Crippen molar-refractivity contribution in [1.29, 1.82) is 0 Å². The lowest BCUT2D eigenvalue weighted by Gasteiger charge is -2.36. The van der Waals surface area contributed by atoms with Crippen molar-refractivity contribution in [1.82, 2.24) is 0 Å². The van der Waals surface area contributed by atoms with Crippen molar-refractivity contribution in [3.05, 3.63) is 23.8 Å². The molecule has 3 N–H and O–H groups in total. The Hall–Kier alpha value is -1.22.